The van der Waals surface area contributed by atoms with E-state index in [9.17, 15) is 9.50 Å². The Bertz CT molecular complexity index is 568. The van der Waals surface area contributed by atoms with Crippen molar-refractivity contribution in [3.63, 3.8) is 0 Å². The number of benzene rings is 2. The first kappa shape index (κ1) is 14.2. The average Bonchev–Trinajstić information content (AvgIpc) is 2.41. The summed E-state index contributed by atoms with van der Waals surface area (Å²) < 4.78 is 13.7. The van der Waals surface area contributed by atoms with Crippen LogP contribution in [-0.4, -0.2) is 5.11 Å². The third-order valence-corrected chi connectivity index (χ3v) is 3.96. The molecule has 19 heavy (non-hydrogen) atoms. The second-order valence-electron chi connectivity index (χ2n) is 4.51. The summed E-state index contributed by atoms with van der Waals surface area (Å²) >= 11 is 3.33. The van der Waals surface area contributed by atoms with Crippen LogP contribution in [0.15, 0.2) is 46.9 Å². The molecule has 0 spiro atoms. The number of aryl methyl sites for hydroxylation is 1. The zero-order valence-corrected chi connectivity index (χ0v) is 12.3. The summed E-state index contributed by atoms with van der Waals surface area (Å²) in [4.78, 5) is 0. The largest absolute Gasteiger partial charge is 0.388 e. The SMILES string of the molecule is CCc1ccccc1C(O)Cc1ccc(F)cc1Br. The third-order valence-electron chi connectivity index (χ3n) is 3.22. The van der Waals surface area contributed by atoms with Gasteiger partial charge in [0.15, 0.2) is 0 Å². The fraction of sp³-hybridized carbons (Fsp3) is 0.250. The first-order valence-corrected chi connectivity index (χ1v) is 7.11. The van der Waals surface area contributed by atoms with Crippen molar-refractivity contribution in [1.29, 1.82) is 0 Å². The van der Waals surface area contributed by atoms with Gasteiger partial charge in [-0.25, -0.2) is 4.39 Å². The van der Waals surface area contributed by atoms with Gasteiger partial charge in [-0.15, -0.1) is 0 Å². The highest BCUT2D eigenvalue weighted by Crippen LogP contribution is 2.26. The van der Waals surface area contributed by atoms with Gasteiger partial charge in [-0.1, -0.05) is 53.2 Å². The van der Waals surface area contributed by atoms with E-state index < -0.39 is 6.10 Å². The molecular weight excluding hydrogens is 307 g/mol. The van der Waals surface area contributed by atoms with Crippen LogP contribution in [-0.2, 0) is 12.8 Å². The van der Waals surface area contributed by atoms with Crippen LogP contribution in [0.2, 0.25) is 0 Å². The van der Waals surface area contributed by atoms with Gasteiger partial charge in [-0.3, -0.25) is 0 Å². The molecular formula is C16H16BrFO. The van der Waals surface area contributed by atoms with E-state index >= 15 is 0 Å². The van der Waals surface area contributed by atoms with Crippen molar-refractivity contribution in [2.75, 3.05) is 0 Å². The summed E-state index contributed by atoms with van der Waals surface area (Å²) in [6, 6.07) is 12.4. The molecule has 0 aliphatic rings. The van der Waals surface area contributed by atoms with Crippen molar-refractivity contribution in [1.82, 2.24) is 0 Å². The average molecular weight is 323 g/mol. The topological polar surface area (TPSA) is 20.2 Å². The standard InChI is InChI=1S/C16H16BrFO/c1-2-11-5-3-4-6-14(11)16(19)9-12-7-8-13(18)10-15(12)17/h3-8,10,16,19H,2,9H2,1H3. The lowest BCUT2D eigenvalue weighted by Crippen LogP contribution is -2.05. The molecule has 1 atom stereocenters. The zero-order valence-electron chi connectivity index (χ0n) is 10.7. The van der Waals surface area contributed by atoms with Crippen LogP contribution < -0.4 is 0 Å². The van der Waals surface area contributed by atoms with E-state index in [1.165, 1.54) is 12.1 Å². The fourth-order valence-electron chi connectivity index (χ4n) is 2.19. The van der Waals surface area contributed by atoms with E-state index in [-0.39, 0.29) is 5.82 Å². The lowest BCUT2D eigenvalue weighted by Gasteiger charge is -2.15. The van der Waals surface area contributed by atoms with Crippen LogP contribution in [0.3, 0.4) is 0 Å². The van der Waals surface area contributed by atoms with Gasteiger partial charge in [0.25, 0.3) is 0 Å². The molecule has 1 N–H and O–H groups in total. The molecule has 0 saturated heterocycles. The zero-order chi connectivity index (χ0) is 13.8. The first-order chi connectivity index (χ1) is 9.11. The van der Waals surface area contributed by atoms with Crippen molar-refractivity contribution < 1.29 is 9.50 Å². The highest BCUT2D eigenvalue weighted by atomic mass is 79.9. The molecule has 0 radical (unpaired) electrons. The molecule has 2 rings (SSSR count). The van der Waals surface area contributed by atoms with Gasteiger partial charge in [-0.05, 0) is 35.2 Å². The second-order valence-corrected chi connectivity index (χ2v) is 5.36. The molecule has 100 valence electrons. The van der Waals surface area contributed by atoms with Crippen LogP contribution in [0.4, 0.5) is 4.39 Å². The maximum atomic E-state index is 13.0. The Labute approximate surface area is 121 Å². The van der Waals surface area contributed by atoms with E-state index in [4.69, 9.17) is 0 Å². The molecule has 0 heterocycles. The van der Waals surface area contributed by atoms with Crippen LogP contribution >= 0.6 is 15.9 Å². The number of aliphatic hydroxyl groups is 1. The quantitative estimate of drug-likeness (QED) is 0.883. The van der Waals surface area contributed by atoms with Crippen LogP contribution in [0.5, 0.6) is 0 Å². The Morgan fingerprint density at radius 1 is 1.16 bits per heavy atom. The van der Waals surface area contributed by atoms with Gasteiger partial charge in [-0.2, -0.15) is 0 Å². The Morgan fingerprint density at radius 3 is 2.58 bits per heavy atom. The van der Waals surface area contributed by atoms with Crippen LogP contribution in [0, 0.1) is 5.82 Å². The van der Waals surface area contributed by atoms with Crippen molar-refractivity contribution in [3.05, 3.63) is 69.4 Å². The molecule has 0 saturated carbocycles. The van der Waals surface area contributed by atoms with E-state index in [2.05, 4.69) is 22.9 Å². The number of aliphatic hydroxyl groups excluding tert-OH is 1. The van der Waals surface area contributed by atoms with Gasteiger partial charge in [0, 0.05) is 10.9 Å². The van der Waals surface area contributed by atoms with Crippen molar-refractivity contribution in [2.24, 2.45) is 0 Å². The summed E-state index contributed by atoms with van der Waals surface area (Å²) in [5.74, 6) is -0.279. The number of hydrogen-bond donors (Lipinski definition) is 1. The molecule has 0 aliphatic heterocycles. The van der Waals surface area contributed by atoms with Gasteiger partial charge >= 0.3 is 0 Å². The summed E-state index contributed by atoms with van der Waals surface area (Å²) in [6.07, 6.45) is 0.785. The molecule has 2 aromatic rings. The van der Waals surface area contributed by atoms with Crippen molar-refractivity contribution >= 4 is 15.9 Å². The van der Waals surface area contributed by atoms with Gasteiger partial charge < -0.3 is 5.11 Å². The summed E-state index contributed by atoms with van der Waals surface area (Å²) in [5.41, 5.74) is 2.99. The summed E-state index contributed by atoms with van der Waals surface area (Å²) in [7, 11) is 0. The lowest BCUT2D eigenvalue weighted by molar-refractivity contribution is 0.177. The van der Waals surface area contributed by atoms with E-state index in [0.29, 0.717) is 10.9 Å². The second kappa shape index (κ2) is 6.31. The van der Waals surface area contributed by atoms with Gasteiger partial charge in [0.2, 0.25) is 0 Å². The third kappa shape index (κ3) is 3.43. The minimum absolute atomic E-state index is 0.279. The maximum absolute atomic E-state index is 13.0. The Kier molecular flexibility index (Phi) is 4.72. The highest BCUT2D eigenvalue weighted by Gasteiger charge is 2.13. The molecule has 0 aromatic heterocycles. The molecule has 2 aromatic carbocycles. The first-order valence-electron chi connectivity index (χ1n) is 6.31. The Balaban J connectivity index is 2.23. The minimum Gasteiger partial charge on any atom is -0.388 e. The van der Waals surface area contributed by atoms with E-state index in [0.717, 1.165) is 23.1 Å². The molecule has 0 amide bonds. The fourth-order valence-corrected chi connectivity index (χ4v) is 2.70. The number of rotatable bonds is 4. The van der Waals surface area contributed by atoms with E-state index in [1.54, 1.807) is 6.07 Å². The predicted molar refractivity (Wildman–Crippen MR) is 78.6 cm³/mol. The van der Waals surface area contributed by atoms with E-state index in [1.807, 2.05) is 24.3 Å². The molecule has 0 fully saturated rings. The van der Waals surface area contributed by atoms with Crippen LogP contribution in [0.1, 0.15) is 29.7 Å². The monoisotopic (exact) mass is 322 g/mol. The Hall–Kier alpha value is -1.19. The summed E-state index contributed by atoms with van der Waals surface area (Å²) in [5, 5.41) is 10.4. The minimum atomic E-state index is -0.571. The molecule has 0 aliphatic carbocycles. The molecule has 3 heteroatoms. The smallest absolute Gasteiger partial charge is 0.124 e. The Morgan fingerprint density at radius 2 is 1.89 bits per heavy atom. The number of halogens is 2. The van der Waals surface area contributed by atoms with Crippen molar-refractivity contribution in [2.45, 2.75) is 25.9 Å². The summed E-state index contributed by atoms with van der Waals surface area (Å²) in [6.45, 7) is 2.07. The molecule has 1 nitrogen and oxygen atoms in total. The van der Waals surface area contributed by atoms with Crippen molar-refractivity contribution in [3.8, 4) is 0 Å². The van der Waals surface area contributed by atoms with Crippen LogP contribution in [0.25, 0.3) is 0 Å². The molecule has 0 bridgehead atoms. The maximum Gasteiger partial charge on any atom is 0.124 e. The predicted octanol–water partition coefficient (Wildman–Crippen LogP) is 4.43. The lowest BCUT2D eigenvalue weighted by atomic mass is 9.96. The number of hydrogen-bond acceptors (Lipinski definition) is 1. The molecule has 1 unspecified atom stereocenters. The van der Waals surface area contributed by atoms with Gasteiger partial charge in [0.1, 0.15) is 5.82 Å². The highest BCUT2D eigenvalue weighted by molar-refractivity contribution is 9.10. The van der Waals surface area contributed by atoms with Gasteiger partial charge in [0.05, 0.1) is 6.10 Å². The normalized spacial score (nSPS) is 12.4.